The minimum absolute atomic E-state index is 0.335. The van der Waals surface area contributed by atoms with E-state index in [9.17, 15) is 4.79 Å². The van der Waals surface area contributed by atoms with Crippen LogP contribution in [-0.2, 0) is 0 Å². The quantitative estimate of drug-likeness (QED) is 0.621. The molecule has 0 aliphatic carbocycles. The van der Waals surface area contributed by atoms with E-state index in [-0.39, 0.29) is 0 Å². The lowest BCUT2D eigenvalue weighted by Gasteiger charge is -2.00. The highest BCUT2D eigenvalue weighted by molar-refractivity contribution is 6.33. The third-order valence-corrected chi connectivity index (χ3v) is 1.90. The van der Waals surface area contributed by atoms with Crippen LogP contribution in [0.25, 0.3) is 0 Å². The van der Waals surface area contributed by atoms with E-state index in [0.717, 1.165) is 5.56 Å². The second-order valence-electron chi connectivity index (χ2n) is 2.42. The van der Waals surface area contributed by atoms with Gasteiger partial charge >= 0.3 is 0 Å². The van der Waals surface area contributed by atoms with E-state index < -0.39 is 0 Å². The van der Waals surface area contributed by atoms with Gasteiger partial charge in [-0.3, -0.25) is 4.79 Å². The van der Waals surface area contributed by atoms with Crippen LogP contribution in [0.15, 0.2) is 12.1 Å². The molecule has 2 nitrogen and oxygen atoms in total. The van der Waals surface area contributed by atoms with E-state index in [0.29, 0.717) is 22.4 Å². The van der Waals surface area contributed by atoms with Gasteiger partial charge in [0, 0.05) is 5.56 Å². The smallest absolute Gasteiger partial charge is 0.151 e. The van der Waals surface area contributed by atoms with Crippen LogP contribution in [0.1, 0.15) is 21.5 Å². The summed E-state index contributed by atoms with van der Waals surface area (Å²) in [6, 6.07) is 5.08. The first-order chi connectivity index (χ1) is 5.69. The number of carbonyl (C=O) groups is 1. The maximum Gasteiger partial charge on any atom is 0.151 e. The van der Waals surface area contributed by atoms with Gasteiger partial charge in [-0.25, -0.2) is 0 Å². The molecule has 1 aromatic rings. The minimum atomic E-state index is 0.335. The van der Waals surface area contributed by atoms with Gasteiger partial charge in [-0.2, -0.15) is 5.26 Å². The van der Waals surface area contributed by atoms with E-state index in [4.69, 9.17) is 16.9 Å². The number of rotatable bonds is 1. The fourth-order valence-electron chi connectivity index (χ4n) is 0.969. The largest absolute Gasteiger partial charge is 0.298 e. The molecule has 3 heteroatoms. The normalized spacial score (nSPS) is 9.08. The Labute approximate surface area is 75.4 Å². The standard InChI is InChI=1S/C9H6ClNO/c1-6-2-7(4-11)3-9(10)8(6)5-12/h2-3,5H,1H3. The summed E-state index contributed by atoms with van der Waals surface area (Å²) in [5, 5.41) is 8.89. The molecule has 0 saturated heterocycles. The van der Waals surface area contributed by atoms with Crippen LogP contribution in [0.2, 0.25) is 5.02 Å². The third-order valence-electron chi connectivity index (χ3n) is 1.58. The SMILES string of the molecule is Cc1cc(C#N)cc(Cl)c1C=O. The van der Waals surface area contributed by atoms with Crippen molar-refractivity contribution in [1.29, 1.82) is 5.26 Å². The lowest BCUT2D eigenvalue weighted by molar-refractivity contribution is 0.112. The van der Waals surface area contributed by atoms with E-state index in [1.807, 2.05) is 6.07 Å². The molecule has 60 valence electrons. The number of halogens is 1. The number of hydrogen-bond acceptors (Lipinski definition) is 2. The molecule has 1 aromatic carbocycles. The zero-order valence-electron chi connectivity index (χ0n) is 6.47. The molecule has 0 heterocycles. The second-order valence-corrected chi connectivity index (χ2v) is 2.83. The van der Waals surface area contributed by atoms with Crippen molar-refractivity contribution in [2.24, 2.45) is 0 Å². The summed E-state index contributed by atoms with van der Waals surface area (Å²) in [7, 11) is 0. The van der Waals surface area contributed by atoms with Crippen molar-refractivity contribution in [2.45, 2.75) is 6.92 Å². The fraction of sp³-hybridized carbons (Fsp3) is 0.111. The van der Waals surface area contributed by atoms with Crippen molar-refractivity contribution < 1.29 is 4.79 Å². The maximum absolute atomic E-state index is 10.5. The Morgan fingerprint density at radius 1 is 1.58 bits per heavy atom. The summed E-state index contributed by atoms with van der Waals surface area (Å²) in [6.07, 6.45) is 0.693. The lowest BCUT2D eigenvalue weighted by Crippen LogP contribution is -1.89. The number of nitriles is 1. The number of nitrogens with zero attached hydrogens (tertiary/aromatic N) is 1. The molecule has 1 rings (SSSR count). The average Bonchev–Trinajstić information content (AvgIpc) is 2.03. The molecular formula is C9H6ClNO. The van der Waals surface area contributed by atoms with Gasteiger partial charge in [-0.1, -0.05) is 11.6 Å². The molecule has 0 unspecified atom stereocenters. The molecule has 0 fully saturated rings. The van der Waals surface area contributed by atoms with Gasteiger partial charge in [-0.15, -0.1) is 0 Å². The van der Waals surface area contributed by atoms with Crippen LogP contribution in [0.3, 0.4) is 0 Å². The summed E-state index contributed by atoms with van der Waals surface area (Å²) >= 11 is 5.73. The van der Waals surface area contributed by atoms with Gasteiger partial charge < -0.3 is 0 Å². The van der Waals surface area contributed by atoms with Crippen LogP contribution in [0, 0.1) is 18.3 Å². The molecule has 0 saturated carbocycles. The predicted molar refractivity (Wildman–Crippen MR) is 46.3 cm³/mol. The number of carbonyl (C=O) groups excluding carboxylic acids is 1. The Morgan fingerprint density at radius 3 is 2.67 bits per heavy atom. The van der Waals surface area contributed by atoms with Gasteiger partial charge in [0.1, 0.15) is 0 Å². The Hall–Kier alpha value is -1.33. The highest BCUT2D eigenvalue weighted by Crippen LogP contribution is 2.19. The highest BCUT2D eigenvalue weighted by Gasteiger charge is 2.04. The molecule has 0 aliphatic heterocycles. The summed E-state index contributed by atoms with van der Waals surface area (Å²) in [6.45, 7) is 1.75. The first-order valence-electron chi connectivity index (χ1n) is 3.34. The molecule has 0 spiro atoms. The van der Waals surface area contributed by atoms with Gasteiger partial charge in [0.25, 0.3) is 0 Å². The Morgan fingerprint density at radius 2 is 2.25 bits per heavy atom. The molecule has 0 aromatic heterocycles. The third kappa shape index (κ3) is 1.46. The van der Waals surface area contributed by atoms with Crippen LogP contribution in [0.5, 0.6) is 0 Å². The fourth-order valence-corrected chi connectivity index (χ4v) is 1.28. The molecule has 0 amide bonds. The highest BCUT2D eigenvalue weighted by atomic mass is 35.5. The average molecular weight is 180 g/mol. The van der Waals surface area contributed by atoms with Crippen molar-refractivity contribution in [3.8, 4) is 6.07 Å². The van der Waals surface area contributed by atoms with E-state index in [1.54, 1.807) is 13.0 Å². The number of benzene rings is 1. The van der Waals surface area contributed by atoms with Crippen molar-refractivity contribution >= 4 is 17.9 Å². The zero-order valence-corrected chi connectivity index (χ0v) is 7.22. The number of hydrogen-bond donors (Lipinski definition) is 0. The van der Waals surface area contributed by atoms with Crippen LogP contribution >= 0.6 is 11.6 Å². The first-order valence-corrected chi connectivity index (χ1v) is 3.72. The van der Waals surface area contributed by atoms with Gasteiger partial charge in [-0.05, 0) is 24.6 Å². The predicted octanol–water partition coefficient (Wildman–Crippen LogP) is 2.33. The van der Waals surface area contributed by atoms with Crippen LogP contribution in [0.4, 0.5) is 0 Å². The first kappa shape index (κ1) is 8.76. The molecule has 12 heavy (non-hydrogen) atoms. The van der Waals surface area contributed by atoms with Gasteiger partial charge in [0.05, 0.1) is 16.7 Å². The molecule has 0 atom stereocenters. The minimum Gasteiger partial charge on any atom is -0.298 e. The topological polar surface area (TPSA) is 40.9 Å². The summed E-state index contributed by atoms with van der Waals surface area (Å²) in [5.74, 6) is 0. The van der Waals surface area contributed by atoms with Crippen molar-refractivity contribution in [3.63, 3.8) is 0 Å². The summed E-state index contributed by atoms with van der Waals surface area (Å²) in [4.78, 5) is 10.5. The van der Waals surface area contributed by atoms with Crippen molar-refractivity contribution in [3.05, 3.63) is 33.8 Å². The van der Waals surface area contributed by atoms with Gasteiger partial charge in [0.2, 0.25) is 0 Å². The van der Waals surface area contributed by atoms with E-state index in [2.05, 4.69) is 0 Å². The Bertz CT molecular complexity index is 342. The Balaban J connectivity index is 3.39. The molecule has 0 aliphatic rings. The van der Waals surface area contributed by atoms with E-state index in [1.165, 1.54) is 6.07 Å². The van der Waals surface area contributed by atoms with Crippen LogP contribution in [-0.4, -0.2) is 6.29 Å². The lowest BCUT2D eigenvalue weighted by atomic mass is 10.1. The number of aryl methyl sites for hydroxylation is 1. The molecule has 0 radical (unpaired) electrons. The monoisotopic (exact) mass is 179 g/mol. The molecule has 0 N–H and O–H groups in total. The Kier molecular flexibility index (Phi) is 2.47. The molecule has 0 bridgehead atoms. The van der Waals surface area contributed by atoms with Gasteiger partial charge in [0.15, 0.2) is 6.29 Å². The molecular weight excluding hydrogens is 174 g/mol. The number of aldehydes is 1. The summed E-state index contributed by atoms with van der Waals surface area (Å²) in [5.41, 5.74) is 1.66. The van der Waals surface area contributed by atoms with Crippen molar-refractivity contribution in [1.82, 2.24) is 0 Å². The summed E-state index contributed by atoms with van der Waals surface area (Å²) < 4.78 is 0. The van der Waals surface area contributed by atoms with E-state index >= 15 is 0 Å². The zero-order chi connectivity index (χ0) is 9.14. The maximum atomic E-state index is 10.5. The second kappa shape index (κ2) is 3.38. The van der Waals surface area contributed by atoms with Crippen molar-refractivity contribution in [2.75, 3.05) is 0 Å². The van der Waals surface area contributed by atoms with Crippen LogP contribution < -0.4 is 0 Å².